The standard InChI is InChI=1S/C11H16O3S/c1-3-6-14-10-5-4-9(8-12)11(7-10)15(2)13/h4-5,7,12H,3,6,8H2,1-2H3. The molecular formula is C11H16O3S. The first-order valence-corrected chi connectivity index (χ1v) is 6.44. The van der Waals surface area contributed by atoms with Crippen LogP contribution in [0.5, 0.6) is 5.75 Å². The first kappa shape index (κ1) is 12.2. The van der Waals surface area contributed by atoms with Gasteiger partial charge < -0.3 is 9.84 Å². The summed E-state index contributed by atoms with van der Waals surface area (Å²) in [7, 11) is -1.10. The van der Waals surface area contributed by atoms with Crippen LogP contribution < -0.4 is 4.74 Å². The molecule has 0 aliphatic heterocycles. The van der Waals surface area contributed by atoms with Crippen LogP contribution in [0.3, 0.4) is 0 Å². The van der Waals surface area contributed by atoms with Crippen LogP contribution in [0.25, 0.3) is 0 Å². The molecule has 0 bridgehead atoms. The molecule has 0 saturated heterocycles. The number of ether oxygens (including phenoxy) is 1. The average Bonchev–Trinajstić information content (AvgIpc) is 2.25. The summed E-state index contributed by atoms with van der Waals surface area (Å²) in [6.07, 6.45) is 2.53. The van der Waals surface area contributed by atoms with Gasteiger partial charge in [-0.15, -0.1) is 0 Å². The molecule has 1 N–H and O–H groups in total. The minimum atomic E-state index is -1.10. The first-order valence-electron chi connectivity index (χ1n) is 4.89. The number of hydrogen-bond acceptors (Lipinski definition) is 3. The molecule has 1 aromatic rings. The lowest BCUT2D eigenvalue weighted by molar-refractivity contribution is 0.277. The van der Waals surface area contributed by atoms with E-state index in [0.29, 0.717) is 22.8 Å². The number of aliphatic hydroxyl groups excluding tert-OH is 1. The Balaban J connectivity index is 2.94. The molecule has 0 aliphatic carbocycles. The zero-order valence-electron chi connectivity index (χ0n) is 9.03. The van der Waals surface area contributed by atoms with Crippen molar-refractivity contribution in [2.24, 2.45) is 0 Å². The molecule has 1 unspecified atom stereocenters. The van der Waals surface area contributed by atoms with E-state index in [1.165, 1.54) is 0 Å². The van der Waals surface area contributed by atoms with Gasteiger partial charge in [-0.1, -0.05) is 13.0 Å². The molecule has 1 rings (SSSR count). The topological polar surface area (TPSA) is 46.5 Å². The summed E-state index contributed by atoms with van der Waals surface area (Å²) in [5.74, 6) is 0.708. The third-order valence-corrected chi connectivity index (χ3v) is 2.99. The molecule has 1 aromatic carbocycles. The van der Waals surface area contributed by atoms with Crippen LogP contribution in [0, 0.1) is 0 Å². The lowest BCUT2D eigenvalue weighted by atomic mass is 10.2. The summed E-state index contributed by atoms with van der Waals surface area (Å²) < 4.78 is 16.8. The lowest BCUT2D eigenvalue weighted by Crippen LogP contribution is -1.99. The fourth-order valence-electron chi connectivity index (χ4n) is 1.24. The molecule has 0 fully saturated rings. The molecule has 0 saturated carbocycles. The van der Waals surface area contributed by atoms with Crippen LogP contribution in [0.4, 0.5) is 0 Å². The zero-order valence-corrected chi connectivity index (χ0v) is 9.84. The molecule has 1 atom stereocenters. The fourth-order valence-corrected chi connectivity index (χ4v) is 2.03. The van der Waals surface area contributed by atoms with Gasteiger partial charge in [-0.25, -0.2) is 0 Å². The minimum absolute atomic E-state index is 0.0943. The largest absolute Gasteiger partial charge is 0.494 e. The molecule has 84 valence electrons. The van der Waals surface area contributed by atoms with Gasteiger partial charge in [-0.05, 0) is 24.1 Å². The van der Waals surface area contributed by atoms with Crippen LogP contribution in [-0.4, -0.2) is 22.2 Å². The van der Waals surface area contributed by atoms with Crippen molar-refractivity contribution < 1.29 is 14.1 Å². The molecule has 0 aromatic heterocycles. The molecule has 0 spiro atoms. The molecular weight excluding hydrogens is 212 g/mol. The highest BCUT2D eigenvalue weighted by Gasteiger charge is 2.07. The number of hydrogen-bond donors (Lipinski definition) is 1. The lowest BCUT2D eigenvalue weighted by Gasteiger charge is -2.09. The molecule has 3 nitrogen and oxygen atoms in total. The second-order valence-electron chi connectivity index (χ2n) is 3.23. The second kappa shape index (κ2) is 5.88. The van der Waals surface area contributed by atoms with Gasteiger partial charge in [0.15, 0.2) is 0 Å². The van der Waals surface area contributed by atoms with E-state index in [2.05, 4.69) is 0 Å². The monoisotopic (exact) mass is 228 g/mol. The van der Waals surface area contributed by atoms with E-state index in [1.54, 1.807) is 24.5 Å². The van der Waals surface area contributed by atoms with E-state index in [9.17, 15) is 4.21 Å². The number of rotatable bonds is 5. The van der Waals surface area contributed by atoms with Crippen LogP contribution >= 0.6 is 0 Å². The van der Waals surface area contributed by atoms with E-state index in [4.69, 9.17) is 9.84 Å². The van der Waals surface area contributed by atoms with Gasteiger partial charge in [0.1, 0.15) is 5.75 Å². The van der Waals surface area contributed by atoms with Gasteiger partial charge in [-0.3, -0.25) is 4.21 Å². The maximum atomic E-state index is 11.4. The molecule has 0 aliphatic rings. The first-order chi connectivity index (χ1) is 7.19. The Bertz CT molecular complexity index is 350. The zero-order chi connectivity index (χ0) is 11.3. The summed E-state index contributed by atoms with van der Waals surface area (Å²) in [4.78, 5) is 0.645. The van der Waals surface area contributed by atoms with E-state index in [1.807, 2.05) is 6.92 Å². The van der Waals surface area contributed by atoms with Gasteiger partial charge in [0, 0.05) is 11.2 Å². The van der Waals surface area contributed by atoms with Crippen molar-refractivity contribution in [3.05, 3.63) is 23.8 Å². The SMILES string of the molecule is CCCOc1ccc(CO)c(S(C)=O)c1. The maximum absolute atomic E-state index is 11.4. The third kappa shape index (κ3) is 3.32. The molecule has 15 heavy (non-hydrogen) atoms. The number of aliphatic hydroxyl groups is 1. The van der Waals surface area contributed by atoms with E-state index >= 15 is 0 Å². The molecule has 0 heterocycles. The summed E-state index contributed by atoms with van der Waals surface area (Å²) in [6.45, 7) is 2.58. The van der Waals surface area contributed by atoms with Crippen molar-refractivity contribution in [2.45, 2.75) is 24.8 Å². The van der Waals surface area contributed by atoms with Crippen LogP contribution in [-0.2, 0) is 17.4 Å². The van der Waals surface area contributed by atoms with Gasteiger partial charge >= 0.3 is 0 Å². The minimum Gasteiger partial charge on any atom is -0.494 e. The Hall–Kier alpha value is -0.870. The smallest absolute Gasteiger partial charge is 0.120 e. The van der Waals surface area contributed by atoms with Gasteiger partial charge in [-0.2, -0.15) is 0 Å². The summed E-state index contributed by atoms with van der Waals surface area (Å²) in [5.41, 5.74) is 0.694. The highest BCUT2D eigenvalue weighted by Crippen LogP contribution is 2.20. The van der Waals surface area contributed by atoms with Crippen molar-refractivity contribution in [2.75, 3.05) is 12.9 Å². The molecule has 0 amide bonds. The van der Waals surface area contributed by atoms with Gasteiger partial charge in [0.2, 0.25) is 0 Å². The Morgan fingerprint density at radius 2 is 2.20 bits per heavy atom. The fraction of sp³-hybridized carbons (Fsp3) is 0.455. The molecule has 0 radical (unpaired) electrons. The Labute approximate surface area is 92.5 Å². The van der Waals surface area contributed by atoms with Gasteiger partial charge in [0.05, 0.1) is 24.0 Å². The van der Waals surface area contributed by atoms with Crippen molar-refractivity contribution in [1.29, 1.82) is 0 Å². The van der Waals surface area contributed by atoms with Crippen molar-refractivity contribution >= 4 is 10.8 Å². The predicted octanol–water partition coefficient (Wildman–Crippen LogP) is 1.71. The Morgan fingerprint density at radius 3 is 2.73 bits per heavy atom. The quantitative estimate of drug-likeness (QED) is 0.834. The van der Waals surface area contributed by atoms with E-state index in [0.717, 1.165) is 6.42 Å². The summed E-state index contributed by atoms with van der Waals surface area (Å²) >= 11 is 0. The van der Waals surface area contributed by atoms with Crippen molar-refractivity contribution in [3.63, 3.8) is 0 Å². The highest BCUT2D eigenvalue weighted by molar-refractivity contribution is 7.84. The summed E-state index contributed by atoms with van der Waals surface area (Å²) in [6, 6.07) is 5.27. The molecule has 4 heteroatoms. The predicted molar refractivity (Wildman–Crippen MR) is 60.5 cm³/mol. The highest BCUT2D eigenvalue weighted by atomic mass is 32.2. The second-order valence-corrected chi connectivity index (χ2v) is 4.58. The number of benzene rings is 1. The maximum Gasteiger partial charge on any atom is 0.120 e. The third-order valence-electron chi connectivity index (χ3n) is 1.99. The van der Waals surface area contributed by atoms with E-state index in [-0.39, 0.29) is 6.61 Å². The van der Waals surface area contributed by atoms with Crippen LogP contribution in [0.2, 0.25) is 0 Å². The normalized spacial score (nSPS) is 12.5. The Kier molecular flexibility index (Phi) is 4.78. The Morgan fingerprint density at radius 1 is 1.47 bits per heavy atom. The summed E-state index contributed by atoms with van der Waals surface area (Å²) in [5, 5.41) is 9.06. The van der Waals surface area contributed by atoms with E-state index < -0.39 is 10.8 Å². The van der Waals surface area contributed by atoms with Crippen molar-refractivity contribution in [3.8, 4) is 5.75 Å². The average molecular weight is 228 g/mol. The van der Waals surface area contributed by atoms with Crippen LogP contribution in [0.15, 0.2) is 23.1 Å². The van der Waals surface area contributed by atoms with Crippen LogP contribution in [0.1, 0.15) is 18.9 Å². The van der Waals surface area contributed by atoms with Gasteiger partial charge in [0.25, 0.3) is 0 Å². The van der Waals surface area contributed by atoms with Crippen molar-refractivity contribution in [1.82, 2.24) is 0 Å².